The first-order valence-electron chi connectivity index (χ1n) is 5.70. The zero-order valence-electron chi connectivity index (χ0n) is 10.1. The Hall–Kier alpha value is -1.71. The van der Waals surface area contributed by atoms with Gasteiger partial charge in [-0.1, -0.05) is 44.2 Å². The van der Waals surface area contributed by atoms with Crippen LogP contribution in [0.1, 0.15) is 30.6 Å². The van der Waals surface area contributed by atoms with Gasteiger partial charge in [0.1, 0.15) is 0 Å². The van der Waals surface area contributed by atoms with Crippen LogP contribution in [0.25, 0.3) is 0 Å². The molecule has 1 aromatic carbocycles. The Bertz CT molecular complexity index is 387. The van der Waals surface area contributed by atoms with E-state index in [-0.39, 0.29) is 35.5 Å². The van der Waals surface area contributed by atoms with Gasteiger partial charge < -0.3 is 0 Å². The molecular weight excluding hydrogens is 218 g/mol. The first kappa shape index (κ1) is 13.4. The number of nitrogens with zero attached hydrogens (tertiary/aromatic N) is 1. The molecule has 1 rings (SSSR count). The highest BCUT2D eigenvalue weighted by atomic mass is 16.6. The molecule has 0 N–H and O–H groups in total. The first-order chi connectivity index (χ1) is 8.00. The monoisotopic (exact) mass is 235 g/mol. The summed E-state index contributed by atoms with van der Waals surface area (Å²) >= 11 is 0. The van der Waals surface area contributed by atoms with Crippen molar-refractivity contribution in [2.75, 3.05) is 6.54 Å². The SMILES string of the molecule is CC(C)C(CC(=O)c1ccccc1)C[N+](=O)[O-]. The number of hydrogen-bond donors (Lipinski definition) is 0. The molecule has 1 unspecified atom stereocenters. The Morgan fingerprint density at radius 1 is 1.29 bits per heavy atom. The third kappa shape index (κ3) is 4.34. The molecule has 0 aromatic heterocycles. The summed E-state index contributed by atoms with van der Waals surface area (Å²) < 4.78 is 0. The van der Waals surface area contributed by atoms with Crippen molar-refractivity contribution in [2.45, 2.75) is 20.3 Å². The number of benzene rings is 1. The van der Waals surface area contributed by atoms with Crippen molar-refractivity contribution >= 4 is 5.78 Å². The predicted molar refractivity (Wildman–Crippen MR) is 65.6 cm³/mol. The molecule has 0 heterocycles. The van der Waals surface area contributed by atoms with E-state index < -0.39 is 0 Å². The zero-order chi connectivity index (χ0) is 12.8. The van der Waals surface area contributed by atoms with Crippen molar-refractivity contribution in [3.05, 3.63) is 46.0 Å². The van der Waals surface area contributed by atoms with E-state index in [1.54, 1.807) is 24.3 Å². The summed E-state index contributed by atoms with van der Waals surface area (Å²) in [6.45, 7) is 3.68. The van der Waals surface area contributed by atoms with Gasteiger partial charge in [-0.3, -0.25) is 14.9 Å². The van der Waals surface area contributed by atoms with Crippen molar-refractivity contribution in [2.24, 2.45) is 11.8 Å². The lowest BCUT2D eigenvalue weighted by Crippen LogP contribution is -2.22. The molecule has 0 saturated carbocycles. The molecule has 0 radical (unpaired) electrons. The third-order valence-corrected chi connectivity index (χ3v) is 2.87. The van der Waals surface area contributed by atoms with Gasteiger partial charge in [-0.2, -0.15) is 0 Å². The summed E-state index contributed by atoms with van der Waals surface area (Å²) in [5.74, 6) is -0.0862. The summed E-state index contributed by atoms with van der Waals surface area (Å²) in [6, 6.07) is 8.92. The molecule has 0 fully saturated rings. The first-order valence-corrected chi connectivity index (χ1v) is 5.70. The highest BCUT2D eigenvalue weighted by Gasteiger charge is 2.23. The molecule has 0 aliphatic rings. The fraction of sp³-hybridized carbons (Fsp3) is 0.462. The van der Waals surface area contributed by atoms with Crippen LogP contribution in [0.2, 0.25) is 0 Å². The molecule has 92 valence electrons. The van der Waals surface area contributed by atoms with E-state index in [4.69, 9.17) is 0 Å². The summed E-state index contributed by atoms with van der Waals surface area (Å²) in [5.41, 5.74) is 0.626. The Kier molecular flexibility index (Phi) is 4.82. The van der Waals surface area contributed by atoms with Gasteiger partial charge in [0, 0.05) is 22.8 Å². The standard InChI is InChI=1S/C13H17NO3/c1-10(2)12(9-14(16)17)8-13(15)11-6-4-3-5-7-11/h3-7,10,12H,8-9H2,1-2H3. The largest absolute Gasteiger partial charge is 0.294 e. The third-order valence-electron chi connectivity index (χ3n) is 2.87. The van der Waals surface area contributed by atoms with E-state index in [1.165, 1.54) is 0 Å². The highest BCUT2D eigenvalue weighted by Crippen LogP contribution is 2.18. The van der Waals surface area contributed by atoms with E-state index in [1.807, 2.05) is 19.9 Å². The smallest absolute Gasteiger partial charge is 0.207 e. The van der Waals surface area contributed by atoms with E-state index in [0.717, 1.165) is 0 Å². The molecule has 17 heavy (non-hydrogen) atoms. The van der Waals surface area contributed by atoms with Crippen LogP contribution in [0.15, 0.2) is 30.3 Å². The quantitative estimate of drug-likeness (QED) is 0.432. The van der Waals surface area contributed by atoms with Crippen LogP contribution in [0.5, 0.6) is 0 Å². The number of nitro groups is 1. The second-order valence-electron chi connectivity index (χ2n) is 4.51. The maximum absolute atomic E-state index is 11.9. The molecule has 1 aromatic rings. The zero-order valence-corrected chi connectivity index (χ0v) is 10.1. The number of carbonyl (C=O) groups is 1. The lowest BCUT2D eigenvalue weighted by Gasteiger charge is -2.15. The molecule has 4 nitrogen and oxygen atoms in total. The molecular formula is C13H17NO3. The minimum atomic E-state index is -0.344. The summed E-state index contributed by atoms with van der Waals surface area (Å²) in [7, 11) is 0. The number of carbonyl (C=O) groups excluding carboxylic acids is 1. The van der Waals surface area contributed by atoms with Gasteiger partial charge in [0.2, 0.25) is 6.54 Å². The lowest BCUT2D eigenvalue weighted by atomic mass is 9.89. The van der Waals surface area contributed by atoms with Gasteiger partial charge in [-0.15, -0.1) is 0 Å². The number of rotatable bonds is 6. The van der Waals surface area contributed by atoms with Crippen LogP contribution in [0.3, 0.4) is 0 Å². The van der Waals surface area contributed by atoms with Crippen molar-refractivity contribution in [1.29, 1.82) is 0 Å². The van der Waals surface area contributed by atoms with Crippen LogP contribution in [0.4, 0.5) is 0 Å². The second-order valence-corrected chi connectivity index (χ2v) is 4.51. The van der Waals surface area contributed by atoms with E-state index in [9.17, 15) is 14.9 Å². The van der Waals surface area contributed by atoms with E-state index in [0.29, 0.717) is 5.56 Å². The van der Waals surface area contributed by atoms with Gasteiger partial charge >= 0.3 is 0 Å². The maximum atomic E-state index is 11.9. The van der Waals surface area contributed by atoms with Crippen LogP contribution < -0.4 is 0 Å². The Morgan fingerprint density at radius 3 is 2.35 bits per heavy atom. The number of Topliss-reactive ketones (excluding diaryl/α,β-unsaturated/α-hetero) is 1. The topological polar surface area (TPSA) is 60.2 Å². The van der Waals surface area contributed by atoms with Crippen LogP contribution in [-0.4, -0.2) is 17.3 Å². The van der Waals surface area contributed by atoms with Gasteiger partial charge in [0.25, 0.3) is 0 Å². The molecule has 0 bridgehead atoms. The van der Waals surface area contributed by atoms with Crippen molar-refractivity contribution in [3.63, 3.8) is 0 Å². The lowest BCUT2D eigenvalue weighted by molar-refractivity contribution is -0.489. The maximum Gasteiger partial charge on any atom is 0.207 e. The highest BCUT2D eigenvalue weighted by molar-refractivity contribution is 5.96. The summed E-state index contributed by atoms with van der Waals surface area (Å²) in [4.78, 5) is 22.1. The molecule has 4 heteroatoms. The minimum Gasteiger partial charge on any atom is -0.294 e. The fourth-order valence-electron chi connectivity index (χ4n) is 1.68. The van der Waals surface area contributed by atoms with Gasteiger partial charge in [0.05, 0.1) is 0 Å². The number of ketones is 1. The Morgan fingerprint density at radius 2 is 1.88 bits per heavy atom. The molecule has 0 spiro atoms. The van der Waals surface area contributed by atoms with Crippen LogP contribution in [-0.2, 0) is 0 Å². The molecule has 0 saturated heterocycles. The molecule has 1 atom stereocenters. The predicted octanol–water partition coefficient (Wildman–Crippen LogP) is 2.81. The van der Waals surface area contributed by atoms with Crippen molar-refractivity contribution in [1.82, 2.24) is 0 Å². The summed E-state index contributed by atoms with van der Waals surface area (Å²) in [6.07, 6.45) is 0.239. The van der Waals surface area contributed by atoms with Gasteiger partial charge in [-0.05, 0) is 5.92 Å². The molecule has 0 aliphatic heterocycles. The molecule has 0 amide bonds. The van der Waals surface area contributed by atoms with Crippen LogP contribution >= 0.6 is 0 Å². The van der Waals surface area contributed by atoms with Gasteiger partial charge in [-0.25, -0.2) is 0 Å². The van der Waals surface area contributed by atoms with E-state index >= 15 is 0 Å². The van der Waals surface area contributed by atoms with E-state index in [2.05, 4.69) is 0 Å². The second kappa shape index (κ2) is 6.13. The van der Waals surface area contributed by atoms with Gasteiger partial charge in [0.15, 0.2) is 5.78 Å². The van der Waals surface area contributed by atoms with Crippen molar-refractivity contribution < 1.29 is 9.72 Å². The van der Waals surface area contributed by atoms with Crippen LogP contribution in [0, 0.1) is 22.0 Å². The summed E-state index contributed by atoms with van der Waals surface area (Å²) in [5, 5.41) is 10.5. The van der Waals surface area contributed by atoms with Crippen molar-refractivity contribution in [3.8, 4) is 0 Å². The minimum absolute atomic E-state index is 0.0221. The average molecular weight is 235 g/mol. The normalized spacial score (nSPS) is 12.4. The fourth-order valence-corrected chi connectivity index (χ4v) is 1.68. The molecule has 0 aliphatic carbocycles. The average Bonchev–Trinajstić information content (AvgIpc) is 2.28. The Balaban J connectivity index is 2.68. The Labute approximate surface area is 101 Å². The number of hydrogen-bond acceptors (Lipinski definition) is 3.